The van der Waals surface area contributed by atoms with E-state index in [0.29, 0.717) is 30.4 Å². The molecule has 0 radical (unpaired) electrons. The number of ether oxygens (including phenoxy) is 1. The fourth-order valence-electron chi connectivity index (χ4n) is 7.54. The average Bonchev–Trinajstić information content (AvgIpc) is 3.79. The number of aromatic nitrogens is 2. The predicted molar refractivity (Wildman–Crippen MR) is 187 cm³/mol. The highest BCUT2D eigenvalue weighted by atomic mass is 32.1. The maximum atomic E-state index is 14.4. The Labute approximate surface area is 292 Å². The first-order valence-electron chi connectivity index (χ1n) is 17.3. The second-order valence-electron chi connectivity index (χ2n) is 13.6. The number of fused-ring (bicyclic) bond motifs is 2. The second-order valence-corrected chi connectivity index (χ2v) is 15.2. The largest absolute Gasteiger partial charge is 0.446 e. The lowest BCUT2D eigenvalue weighted by atomic mass is 10.0. The molecule has 258 valence electrons. The van der Waals surface area contributed by atoms with Crippen molar-refractivity contribution in [3.63, 3.8) is 0 Å². The molecule has 0 spiro atoms. The van der Waals surface area contributed by atoms with Gasteiger partial charge in [-0.15, -0.1) is 0 Å². The van der Waals surface area contributed by atoms with Crippen LogP contribution < -0.4 is 16.2 Å². The summed E-state index contributed by atoms with van der Waals surface area (Å²) in [5, 5.41) is 18.2. The Balaban J connectivity index is 1.22. The van der Waals surface area contributed by atoms with Crippen LogP contribution in [0, 0.1) is 5.92 Å². The van der Waals surface area contributed by atoms with E-state index in [1.54, 1.807) is 6.20 Å². The number of rotatable bonds is 6. The molecule has 2 saturated carbocycles. The van der Waals surface area contributed by atoms with Gasteiger partial charge in [0.05, 0.1) is 17.8 Å². The molecule has 2 aliphatic heterocycles. The summed E-state index contributed by atoms with van der Waals surface area (Å²) in [6.45, 7) is 0.0397. The number of hydrogen-bond donors (Lipinski definition) is 2. The van der Waals surface area contributed by atoms with Crippen LogP contribution >= 0.6 is 22.7 Å². The highest BCUT2D eigenvalue weighted by molar-refractivity contribution is 7.08. The van der Waals surface area contributed by atoms with Gasteiger partial charge < -0.3 is 25.1 Å². The zero-order valence-electron chi connectivity index (χ0n) is 27.3. The van der Waals surface area contributed by atoms with Gasteiger partial charge in [-0.2, -0.15) is 27.8 Å². The summed E-state index contributed by atoms with van der Waals surface area (Å²) in [6.07, 6.45) is 13.6. The molecule has 2 N–H and O–H groups in total. The van der Waals surface area contributed by atoms with Crippen molar-refractivity contribution in [1.82, 2.24) is 25.3 Å². The van der Waals surface area contributed by atoms with Gasteiger partial charge in [0.2, 0.25) is 11.8 Å². The summed E-state index contributed by atoms with van der Waals surface area (Å²) in [5.41, 5.74) is 1.56. The van der Waals surface area contributed by atoms with Gasteiger partial charge in [-0.3, -0.25) is 14.4 Å². The molecule has 5 atom stereocenters. The summed E-state index contributed by atoms with van der Waals surface area (Å²) >= 11 is 3.02. The Hall–Kier alpha value is -4.10. The molecular weight excluding hydrogens is 663 g/mol. The molecule has 13 heteroatoms. The van der Waals surface area contributed by atoms with E-state index in [9.17, 15) is 24.0 Å². The van der Waals surface area contributed by atoms with Gasteiger partial charge in [0, 0.05) is 24.4 Å². The molecular formula is C36H41N5O6S2. The minimum Gasteiger partial charge on any atom is -0.446 e. The Morgan fingerprint density at radius 2 is 1.78 bits per heavy atom. The van der Waals surface area contributed by atoms with Gasteiger partial charge in [0.1, 0.15) is 30.0 Å². The Morgan fingerprint density at radius 1 is 1.02 bits per heavy atom. The van der Waals surface area contributed by atoms with Crippen molar-refractivity contribution >= 4 is 46.9 Å². The summed E-state index contributed by atoms with van der Waals surface area (Å²) in [7, 11) is 0. The van der Waals surface area contributed by atoms with Crippen LogP contribution in [0.1, 0.15) is 76.7 Å². The maximum Gasteiger partial charge on any atom is 0.408 e. The van der Waals surface area contributed by atoms with Gasteiger partial charge in [-0.05, 0) is 96.1 Å². The van der Waals surface area contributed by atoms with Gasteiger partial charge in [0.15, 0.2) is 0 Å². The van der Waals surface area contributed by atoms with Crippen molar-refractivity contribution in [1.29, 1.82) is 0 Å². The zero-order valence-corrected chi connectivity index (χ0v) is 28.9. The van der Waals surface area contributed by atoms with Crippen LogP contribution in [0.2, 0.25) is 0 Å². The molecule has 0 aromatic carbocycles. The number of nitrogens with zero attached hydrogens (tertiary/aromatic N) is 3. The van der Waals surface area contributed by atoms with E-state index >= 15 is 0 Å². The molecule has 1 saturated heterocycles. The monoisotopic (exact) mass is 703 g/mol. The van der Waals surface area contributed by atoms with Gasteiger partial charge in [-0.1, -0.05) is 25.0 Å². The highest BCUT2D eigenvalue weighted by Crippen LogP contribution is 2.44. The summed E-state index contributed by atoms with van der Waals surface area (Å²) < 4.78 is 7.06. The van der Waals surface area contributed by atoms with Crippen LogP contribution in [-0.4, -0.2) is 69.1 Å². The molecule has 3 fully saturated rings. The van der Waals surface area contributed by atoms with E-state index in [0.717, 1.165) is 62.4 Å². The standard InChI is InChI=1S/C36H41N5O6S2/c42-22-36-17-25(36)8-4-2-1-3-5-11-29(38-35(46)47-27-9-6-7-10-27)33(44)40-19-26(16-30(40)32(43)39-36)41-34(45)31(24-13-15-49-21-24)28(18-37-41)23-12-14-48-20-23/h4,8,12-15,18,20-22,25-27,29-30H,1-3,5-7,9-11,16-17,19H2,(H,38,46)(H,39,43)/t25-,26-,29+,30+,36+/m1/s1. The number of aldehydes is 1. The predicted octanol–water partition coefficient (Wildman–Crippen LogP) is 5.47. The van der Waals surface area contributed by atoms with Crippen LogP contribution in [0.25, 0.3) is 22.3 Å². The fourth-order valence-corrected chi connectivity index (χ4v) is 8.84. The molecule has 3 aromatic heterocycles. The molecule has 4 aliphatic rings. The third-order valence-corrected chi connectivity index (χ3v) is 11.7. The summed E-state index contributed by atoms with van der Waals surface area (Å²) in [4.78, 5) is 69.6. The Morgan fingerprint density at radius 3 is 2.51 bits per heavy atom. The summed E-state index contributed by atoms with van der Waals surface area (Å²) in [5.74, 6) is -0.975. The van der Waals surface area contributed by atoms with Crippen LogP contribution in [0.5, 0.6) is 0 Å². The van der Waals surface area contributed by atoms with Crippen LogP contribution in [0.4, 0.5) is 4.79 Å². The molecule has 0 unspecified atom stereocenters. The van der Waals surface area contributed by atoms with Crippen molar-refractivity contribution in [2.24, 2.45) is 5.92 Å². The molecule has 5 heterocycles. The Kier molecular flexibility index (Phi) is 9.82. The molecule has 3 amide bonds. The first-order valence-corrected chi connectivity index (χ1v) is 19.1. The summed E-state index contributed by atoms with van der Waals surface area (Å²) in [6, 6.07) is 1.34. The van der Waals surface area contributed by atoms with Crippen molar-refractivity contribution in [3.05, 3.63) is 62.4 Å². The molecule has 11 nitrogen and oxygen atoms in total. The third kappa shape index (κ3) is 7.00. The lowest BCUT2D eigenvalue weighted by Gasteiger charge is -2.29. The zero-order chi connectivity index (χ0) is 34.0. The number of amides is 3. The van der Waals surface area contributed by atoms with Gasteiger partial charge >= 0.3 is 6.09 Å². The van der Waals surface area contributed by atoms with Crippen LogP contribution in [0.15, 0.2) is 56.8 Å². The first-order chi connectivity index (χ1) is 23.9. The Bertz CT molecular complexity index is 1770. The molecule has 0 bridgehead atoms. The van der Waals surface area contributed by atoms with Crippen molar-refractivity contribution in [2.45, 2.75) is 100 Å². The number of allylic oxidation sites excluding steroid dienone is 1. The quantitative estimate of drug-likeness (QED) is 0.256. The number of alkyl carbamates (subject to hydrolysis) is 1. The number of carbonyl (C=O) groups is 4. The topological polar surface area (TPSA) is 140 Å². The molecule has 7 rings (SSSR count). The number of thiophene rings is 2. The van der Waals surface area contributed by atoms with Crippen molar-refractivity contribution < 1.29 is 23.9 Å². The van der Waals surface area contributed by atoms with Crippen LogP contribution in [0.3, 0.4) is 0 Å². The normalized spacial score (nSPS) is 27.8. The lowest BCUT2D eigenvalue weighted by Crippen LogP contribution is -2.55. The molecule has 49 heavy (non-hydrogen) atoms. The van der Waals surface area contributed by atoms with E-state index in [1.165, 1.54) is 32.3 Å². The molecule has 2 aliphatic carbocycles. The highest BCUT2D eigenvalue weighted by Gasteiger charge is 2.56. The van der Waals surface area contributed by atoms with Gasteiger partial charge in [-0.25, -0.2) is 9.48 Å². The van der Waals surface area contributed by atoms with Crippen LogP contribution in [-0.2, 0) is 19.1 Å². The van der Waals surface area contributed by atoms with E-state index in [1.807, 2.05) is 39.7 Å². The SMILES string of the molecule is O=C[C@@]12C[C@H]1C=CCCCCC[C@H](NC(=O)OC1CCCC1)C(=O)N1C[C@H](n3ncc(-c4ccsc4)c(-c4ccsc4)c3=O)C[C@H]1C(=O)N2. The van der Waals surface area contributed by atoms with E-state index < -0.39 is 41.6 Å². The van der Waals surface area contributed by atoms with Crippen molar-refractivity contribution in [2.75, 3.05) is 6.54 Å². The third-order valence-electron chi connectivity index (χ3n) is 10.4. The molecule has 3 aromatic rings. The minimum absolute atomic E-state index is 0.0397. The number of carbonyl (C=O) groups excluding carboxylic acids is 4. The number of hydrogen-bond acceptors (Lipinski definition) is 9. The van der Waals surface area contributed by atoms with E-state index in [4.69, 9.17) is 4.74 Å². The lowest BCUT2D eigenvalue weighted by molar-refractivity contribution is -0.140. The van der Waals surface area contributed by atoms with E-state index in [2.05, 4.69) is 21.8 Å². The van der Waals surface area contributed by atoms with E-state index in [-0.39, 0.29) is 30.5 Å². The minimum atomic E-state index is -1.02. The van der Waals surface area contributed by atoms with Gasteiger partial charge in [0.25, 0.3) is 5.56 Å². The average molecular weight is 704 g/mol. The van der Waals surface area contributed by atoms with Crippen molar-refractivity contribution in [3.8, 4) is 22.3 Å². The fraction of sp³-hybridized carbons (Fsp3) is 0.500. The second kappa shape index (κ2) is 14.4. The first kappa shape index (κ1) is 33.4. The number of nitrogens with one attached hydrogen (secondary N) is 2. The smallest absolute Gasteiger partial charge is 0.408 e. The maximum absolute atomic E-state index is 14.4.